The van der Waals surface area contributed by atoms with Crippen LogP contribution in [0.3, 0.4) is 0 Å². The number of nitrogens with zero attached hydrogens (tertiary/aromatic N) is 8. The van der Waals surface area contributed by atoms with Gasteiger partial charge in [0.05, 0.1) is 165 Å². The van der Waals surface area contributed by atoms with Gasteiger partial charge in [-0.1, -0.05) is 0 Å². The van der Waals surface area contributed by atoms with E-state index in [-0.39, 0.29) is 0 Å². The van der Waals surface area contributed by atoms with Crippen molar-refractivity contribution in [3.8, 4) is 0 Å². The van der Waals surface area contributed by atoms with Crippen LogP contribution in [-0.4, -0.2) is 341 Å². The Bertz CT molecular complexity index is 917. The van der Waals surface area contributed by atoms with E-state index in [1.807, 2.05) is 0 Å². The third-order valence-electron chi connectivity index (χ3n) is 10.7. The molecule has 0 aromatic carbocycles. The lowest BCUT2D eigenvalue weighted by atomic mass is 10.3. The minimum atomic E-state index is -3.17. The second-order valence-corrected chi connectivity index (χ2v) is 22.5. The summed E-state index contributed by atoms with van der Waals surface area (Å²) in [6.07, 6.45) is 0. The van der Waals surface area contributed by atoms with Crippen LogP contribution in [0.4, 0.5) is 17.3 Å². The van der Waals surface area contributed by atoms with Crippen LogP contribution < -0.4 is 40.2 Å². The molecule has 0 saturated heterocycles. The van der Waals surface area contributed by atoms with Crippen LogP contribution >= 0.6 is 0 Å². The molecule has 0 N–H and O–H groups in total. The molecule has 0 bridgehead atoms. The average molecular weight is 1190 g/mol. The minimum absolute atomic E-state index is 0.802. The summed E-state index contributed by atoms with van der Waals surface area (Å²) in [5, 5.41) is 66.4. The minimum Gasteiger partial charge on any atom is -0.867 e. The Morgan fingerprint density at radius 1 is 0.212 bits per heavy atom. The predicted molar refractivity (Wildman–Crippen MR) is 304 cm³/mol. The normalized spacial score (nSPS) is 10.9. The molecule has 0 unspecified atom stereocenters. The molecule has 496 valence electrons. The van der Waals surface area contributed by atoms with E-state index in [9.17, 15) is 17.3 Å². The van der Waals surface area contributed by atoms with Gasteiger partial charge >= 0.3 is 0 Å². The van der Waals surface area contributed by atoms with E-state index in [2.05, 4.69) is 168 Å². The van der Waals surface area contributed by atoms with Gasteiger partial charge in [-0.15, -0.1) is 0 Å². The highest BCUT2D eigenvalue weighted by Gasteiger charge is 2.13. The van der Waals surface area contributed by atoms with Crippen LogP contribution in [0.5, 0.6) is 0 Å². The summed E-state index contributed by atoms with van der Waals surface area (Å²) in [7, 11) is 35.5. The standard InChI is InChI=1S/8C6H16NO.4BFO2/c8*1-5-7(2,3)6-8-4;4*2-1(3)4/h8*5-6H2,1-4H3;;;;/q8*+1;4*-2. The first-order valence-electron chi connectivity index (χ1n) is 26.2. The van der Waals surface area contributed by atoms with Crippen LogP contribution in [0.15, 0.2) is 0 Å². The van der Waals surface area contributed by atoms with E-state index in [0.29, 0.717) is 0 Å². The first kappa shape index (κ1) is 107. The first-order valence-corrected chi connectivity index (χ1v) is 26.2. The van der Waals surface area contributed by atoms with Gasteiger partial charge in [0.1, 0.15) is 29.6 Å². The molecular weight excluding hydrogens is 1060 g/mol. The zero-order chi connectivity index (χ0) is 67.3. The molecule has 0 radical (unpaired) electrons. The fraction of sp³-hybridized carbons (Fsp3) is 1.00. The lowest BCUT2D eigenvalue weighted by Gasteiger charge is -2.26. The molecular formula is C48H128B4F4N8O16. The smallest absolute Gasteiger partial charge is 0.182 e. The maximum atomic E-state index is 9.89. The Kier molecular flexibility index (Phi) is 89.9. The number of hydrogen-bond donors (Lipinski definition) is 0. The summed E-state index contributed by atoms with van der Waals surface area (Å²) >= 11 is 0. The molecule has 0 spiro atoms. The van der Waals surface area contributed by atoms with Crippen molar-refractivity contribution in [2.24, 2.45) is 0 Å². The van der Waals surface area contributed by atoms with E-state index in [1.54, 1.807) is 56.9 Å². The van der Waals surface area contributed by atoms with Crippen LogP contribution in [-0.2, 0) is 37.9 Å². The molecule has 0 saturated carbocycles. The molecule has 0 rings (SSSR count). The van der Waals surface area contributed by atoms with Crippen molar-refractivity contribution in [1.29, 1.82) is 0 Å². The molecule has 0 aliphatic rings. The van der Waals surface area contributed by atoms with Crippen molar-refractivity contribution >= 4 is 29.6 Å². The predicted octanol–water partition coefficient (Wildman–Crippen LogP) is -3.86. The molecule has 32 heteroatoms. The summed E-state index contributed by atoms with van der Waals surface area (Å²) in [6, 6.07) is 0. The quantitative estimate of drug-likeness (QED) is 0.0388. The molecule has 0 aromatic rings. The van der Waals surface area contributed by atoms with E-state index >= 15 is 0 Å². The van der Waals surface area contributed by atoms with Crippen molar-refractivity contribution in [3.05, 3.63) is 0 Å². The molecule has 24 nitrogen and oxygen atoms in total. The third-order valence-corrected chi connectivity index (χ3v) is 10.7. The number of rotatable bonds is 24. The fourth-order valence-electron chi connectivity index (χ4n) is 3.53. The lowest BCUT2D eigenvalue weighted by molar-refractivity contribution is -0.907. The number of quaternary nitrogens is 8. The second kappa shape index (κ2) is 67.1. The van der Waals surface area contributed by atoms with E-state index in [0.717, 1.165) is 142 Å². The maximum Gasteiger partial charge on any atom is 0.182 e. The van der Waals surface area contributed by atoms with Gasteiger partial charge in [-0.2, -0.15) is 0 Å². The van der Waals surface area contributed by atoms with Gasteiger partial charge in [0.25, 0.3) is 0 Å². The summed E-state index contributed by atoms with van der Waals surface area (Å²) in [5.74, 6) is 0. The van der Waals surface area contributed by atoms with Gasteiger partial charge in [0.2, 0.25) is 0 Å². The van der Waals surface area contributed by atoms with Gasteiger partial charge in [-0.05, 0) is 55.4 Å². The lowest BCUT2D eigenvalue weighted by Crippen LogP contribution is -2.40. The summed E-state index contributed by atoms with van der Waals surface area (Å²) in [6.45, 7) is 32.6. The number of hydrogen-bond acceptors (Lipinski definition) is 16. The zero-order valence-corrected chi connectivity index (χ0v) is 57.2. The van der Waals surface area contributed by atoms with Crippen molar-refractivity contribution < 1.29 is 131 Å². The monoisotopic (exact) mass is 1190 g/mol. The zero-order valence-electron chi connectivity index (χ0n) is 57.2. The SMILES string of the molecule is CC[N+](C)(C)COC.CC[N+](C)(C)COC.CC[N+](C)(C)COC.CC[N+](C)(C)COC.CC[N+](C)(C)COC.CC[N+](C)(C)COC.CC[N+](C)(C)COC.CC[N+](C)(C)COC.[O-]B([O-])F.[O-]B([O-])F.[O-]B([O-])F.[O-]B([O-])F. The molecule has 0 fully saturated rings. The van der Waals surface area contributed by atoms with E-state index in [4.69, 9.17) is 78.1 Å². The van der Waals surface area contributed by atoms with Gasteiger partial charge in [-0.3, -0.25) is 0 Å². The van der Waals surface area contributed by atoms with Gasteiger partial charge in [-0.25, -0.2) is 0 Å². The van der Waals surface area contributed by atoms with E-state index < -0.39 is 29.6 Å². The molecule has 0 atom stereocenters. The van der Waals surface area contributed by atoms with Gasteiger partial charge < -0.3 is 131 Å². The second-order valence-electron chi connectivity index (χ2n) is 22.5. The highest BCUT2D eigenvalue weighted by atomic mass is 19.1. The molecule has 0 aliphatic carbocycles. The fourth-order valence-corrected chi connectivity index (χ4v) is 3.53. The summed E-state index contributed by atoms with van der Waals surface area (Å²) in [5.41, 5.74) is 0. The van der Waals surface area contributed by atoms with Crippen molar-refractivity contribution in [1.82, 2.24) is 0 Å². The average Bonchev–Trinajstić information content (AvgIpc) is 3.30. The highest BCUT2D eigenvalue weighted by Crippen LogP contribution is 1.98. The molecule has 0 heterocycles. The van der Waals surface area contributed by atoms with Crippen LogP contribution in [0.1, 0.15) is 55.4 Å². The molecule has 0 amide bonds. The Labute approximate surface area is 490 Å². The Morgan fingerprint density at radius 3 is 0.275 bits per heavy atom. The van der Waals surface area contributed by atoms with Gasteiger partial charge in [0, 0.05) is 56.9 Å². The number of halogens is 4. The largest absolute Gasteiger partial charge is 0.867 e. The third kappa shape index (κ3) is 147. The number of ether oxygens (including phenoxy) is 8. The molecule has 0 aliphatic heterocycles. The van der Waals surface area contributed by atoms with Gasteiger partial charge in [0.15, 0.2) is 53.8 Å². The Morgan fingerprint density at radius 2 is 0.263 bits per heavy atom. The summed E-state index contributed by atoms with van der Waals surface area (Å²) in [4.78, 5) is 0. The first-order chi connectivity index (χ1) is 35.9. The van der Waals surface area contributed by atoms with Crippen molar-refractivity contribution in [3.63, 3.8) is 0 Å². The van der Waals surface area contributed by atoms with Crippen LogP contribution in [0, 0.1) is 0 Å². The van der Waals surface area contributed by atoms with Crippen LogP contribution in [0.2, 0.25) is 0 Å². The number of methoxy groups -OCH3 is 8. The highest BCUT2D eigenvalue weighted by molar-refractivity contribution is 6.27. The molecule has 80 heavy (non-hydrogen) atoms. The van der Waals surface area contributed by atoms with Crippen molar-refractivity contribution in [2.75, 3.05) is 276 Å². The van der Waals surface area contributed by atoms with Crippen molar-refractivity contribution in [2.45, 2.75) is 55.4 Å². The Hall–Kier alpha value is -0.980. The topological polar surface area (TPSA) is 258 Å². The Balaban J connectivity index is -0.0000000636. The van der Waals surface area contributed by atoms with Crippen LogP contribution in [0.25, 0.3) is 0 Å². The summed E-state index contributed by atoms with van der Waals surface area (Å²) < 4.78 is 86.8. The van der Waals surface area contributed by atoms with E-state index in [1.165, 1.54) is 0 Å². The molecule has 0 aromatic heterocycles. The maximum absolute atomic E-state index is 9.89.